The van der Waals surface area contributed by atoms with Crippen LogP contribution in [0, 0.1) is 0 Å². The van der Waals surface area contributed by atoms with Crippen molar-refractivity contribution in [3.8, 4) is 5.75 Å². The van der Waals surface area contributed by atoms with Gasteiger partial charge in [0.1, 0.15) is 30.1 Å². The number of carbonyl (C=O) groups excluding carboxylic acids is 2. The summed E-state index contributed by atoms with van der Waals surface area (Å²) in [4.78, 5) is 26.9. The van der Waals surface area contributed by atoms with Crippen molar-refractivity contribution in [2.24, 2.45) is 0 Å². The third-order valence-electron chi connectivity index (χ3n) is 5.43. The third kappa shape index (κ3) is 5.01. The Balaban J connectivity index is 1.67. The molecule has 166 valence electrons. The maximum Gasteiger partial charge on any atom is 0.223 e. The minimum atomic E-state index is -1.36. The van der Waals surface area contributed by atoms with Gasteiger partial charge >= 0.3 is 0 Å². The van der Waals surface area contributed by atoms with E-state index in [2.05, 4.69) is 10.2 Å². The van der Waals surface area contributed by atoms with Gasteiger partial charge in [-0.15, -0.1) is 0 Å². The van der Waals surface area contributed by atoms with Crippen LogP contribution in [-0.2, 0) is 14.3 Å². The number of piperazine rings is 1. The molecule has 4 N–H and O–H groups in total. The first-order valence-electron chi connectivity index (χ1n) is 9.97. The van der Waals surface area contributed by atoms with E-state index in [4.69, 9.17) is 9.47 Å². The maximum absolute atomic E-state index is 11.5. The number of hydrogen-bond donors (Lipinski definition) is 4. The lowest BCUT2D eigenvalue weighted by atomic mass is 9.97. The molecule has 10 nitrogen and oxygen atoms in total. The van der Waals surface area contributed by atoms with Gasteiger partial charge in [0.2, 0.25) is 18.1 Å². The highest BCUT2D eigenvalue weighted by Gasteiger charge is 2.46. The van der Waals surface area contributed by atoms with E-state index in [0.717, 1.165) is 18.8 Å². The van der Waals surface area contributed by atoms with Gasteiger partial charge in [-0.25, -0.2) is 0 Å². The Morgan fingerprint density at radius 2 is 1.73 bits per heavy atom. The van der Waals surface area contributed by atoms with Crippen molar-refractivity contribution in [3.05, 3.63) is 24.3 Å². The second kappa shape index (κ2) is 9.61. The number of nitrogens with zero attached hydrogens (tertiary/aromatic N) is 2. The molecule has 2 fully saturated rings. The van der Waals surface area contributed by atoms with Crippen LogP contribution in [0.15, 0.2) is 24.3 Å². The number of anilines is 1. The second-order valence-electron chi connectivity index (χ2n) is 7.54. The predicted molar refractivity (Wildman–Crippen MR) is 107 cm³/mol. The van der Waals surface area contributed by atoms with Crippen molar-refractivity contribution in [1.29, 1.82) is 0 Å². The zero-order valence-corrected chi connectivity index (χ0v) is 17.1. The summed E-state index contributed by atoms with van der Waals surface area (Å²) in [7, 11) is 0. The average Bonchev–Trinajstić information content (AvgIpc) is 2.73. The Bertz CT molecular complexity index is 736. The van der Waals surface area contributed by atoms with Gasteiger partial charge in [0, 0.05) is 45.7 Å². The SMILES string of the molecule is CC(=O)N[C@@H]1[C@@H](Oc2ccc(N3CCN(C(C)=O)CC3)cc2)O[C@@H](CO)[C@@H](O)[C@@H]1O. The molecular weight excluding hydrogens is 394 g/mol. The van der Waals surface area contributed by atoms with Crippen molar-refractivity contribution in [3.63, 3.8) is 0 Å². The number of carbonyl (C=O) groups is 2. The van der Waals surface area contributed by atoms with Crippen molar-refractivity contribution >= 4 is 17.5 Å². The van der Waals surface area contributed by atoms with Crippen LogP contribution in [0.1, 0.15) is 13.8 Å². The van der Waals surface area contributed by atoms with Gasteiger partial charge < -0.3 is 39.9 Å². The average molecular weight is 423 g/mol. The quantitative estimate of drug-likeness (QED) is 0.459. The van der Waals surface area contributed by atoms with Crippen molar-refractivity contribution in [2.45, 2.75) is 44.5 Å². The highest BCUT2D eigenvalue weighted by Crippen LogP contribution is 2.26. The van der Waals surface area contributed by atoms with Crippen LogP contribution in [0.2, 0.25) is 0 Å². The van der Waals surface area contributed by atoms with Crippen molar-refractivity contribution in [2.75, 3.05) is 37.7 Å². The first kappa shape index (κ1) is 22.3. The summed E-state index contributed by atoms with van der Waals surface area (Å²) >= 11 is 0. The highest BCUT2D eigenvalue weighted by atomic mass is 16.7. The normalized spacial score (nSPS) is 29.4. The molecule has 0 bridgehead atoms. The van der Waals surface area contributed by atoms with E-state index < -0.39 is 43.2 Å². The van der Waals surface area contributed by atoms with Crippen molar-refractivity contribution in [1.82, 2.24) is 10.2 Å². The predicted octanol–water partition coefficient (Wildman–Crippen LogP) is -1.32. The number of benzene rings is 1. The summed E-state index contributed by atoms with van der Waals surface area (Å²) in [5.41, 5.74) is 0.984. The molecule has 3 rings (SSSR count). The maximum atomic E-state index is 11.5. The molecule has 1 aromatic carbocycles. The van der Waals surface area contributed by atoms with Crippen LogP contribution in [0.5, 0.6) is 5.75 Å². The van der Waals surface area contributed by atoms with Crippen LogP contribution in [-0.4, -0.2) is 95.5 Å². The molecule has 0 radical (unpaired) electrons. The highest BCUT2D eigenvalue weighted by molar-refractivity contribution is 5.74. The van der Waals surface area contributed by atoms with Crippen LogP contribution in [0.25, 0.3) is 0 Å². The lowest BCUT2D eigenvalue weighted by molar-refractivity contribution is -0.244. The molecule has 1 aromatic rings. The van der Waals surface area contributed by atoms with Gasteiger partial charge in [-0.2, -0.15) is 0 Å². The van der Waals surface area contributed by atoms with Gasteiger partial charge in [0.05, 0.1) is 6.61 Å². The third-order valence-corrected chi connectivity index (χ3v) is 5.43. The fourth-order valence-corrected chi connectivity index (χ4v) is 3.72. The Morgan fingerprint density at radius 3 is 2.27 bits per heavy atom. The summed E-state index contributed by atoms with van der Waals surface area (Å²) in [6.07, 6.45) is -4.84. The molecule has 0 saturated carbocycles. The zero-order chi connectivity index (χ0) is 21.8. The number of nitrogens with one attached hydrogen (secondary N) is 1. The van der Waals surface area contributed by atoms with Crippen LogP contribution in [0.3, 0.4) is 0 Å². The molecule has 2 aliphatic heterocycles. The first-order chi connectivity index (χ1) is 14.3. The number of hydrogen-bond acceptors (Lipinski definition) is 8. The number of amides is 2. The minimum absolute atomic E-state index is 0.0769. The fourth-order valence-electron chi connectivity index (χ4n) is 3.72. The molecule has 10 heteroatoms. The Labute approximate surface area is 175 Å². The summed E-state index contributed by atoms with van der Waals surface area (Å²) in [5, 5.41) is 32.3. The molecule has 0 spiro atoms. The van der Waals surface area contributed by atoms with E-state index in [0.29, 0.717) is 18.8 Å². The molecule has 2 aliphatic rings. The Hall–Kier alpha value is -2.40. The fraction of sp³-hybridized carbons (Fsp3) is 0.600. The van der Waals surface area contributed by atoms with E-state index in [9.17, 15) is 24.9 Å². The van der Waals surface area contributed by atoms with Gasteiger partial charge in [-0.1, -0.05) is 0 Å². The van der Waals surface area contributed by atoms with Gasteiger partial charge in [-0.3, -0.25) is 9.59 Å². The monoisotopic (exact) mass is 423 g/mol. The van der Waals surface area contributed by atoms with Gasteiger partial charge in [-0.05, 0) is 24.3 Å². The van der Waals surface area contributed by atoms with Crippen molar-refractivity contribution < 1.29 is 34.4 Å². The molecule has 2 heterocycles. The largest absolute Gasteiger partial charge is 0.463 e. The second-order valence-corrected chi connectivity index (χ2v) is 7.54. The van der Waals surface area contributed by atoms with Gasteiger partial charge in [0.15, 0.2) is 0 Å². The molecule has 5 atom stereocenters. The van der Waals surface area contributed by atoms with Crippen LogP contribution in [0.4, 0.5) is 5.69 Å². The smallest absolute Gasteiger partial charge is 0.223 e. The Kier molecular flexibility index (Phi) is 7.14. The summed E-state index contributed by atoms with van der Waals surface area (Å²) < 4.78 is 11.4. The molecule has 0 aliphatic carbocycles. The molecule has 2 amide bonds. The zero-order valence-electron chi connectivity index (χ0n) is 17.1. The topological polar surface area (TPSA) is 132 Å². The van der Waals surface area contributed by atoms with E-state index in [1.54, 1.807) is 19.1 Å². The molecule has 30 heavy (non-hydrogen) atoms. The summed E-state index contributed by atoms with van der Waals surface area (Å²) in [6, 6.07) is 6.24. The standard InChI is InChI=1S/C20H29N3O7/c1-12(25)21-17-19(28)18(27)16(11-24)30-20(17)29-15-5-3-14(4-6-15)23-9-7-22(8-10-23)13(2)26/h3-6,16-20,24,27-28H,7-11H2,1-2H3,(H,21,25)/t16-,17-,18+,19+,20-/m0/s1. The minimum Gasteiger partial charge on any atom is -0.463 e. The first-order valence-corrected chi connectivity index (χ1v) is 9.97. The van der Waals surface area contributed by atoms with E-state index in [1.807, 2.05) is 17.0 Å². The van der Waals surface area contributed by atoms with E-state index in [1.165, 1.54) is 6.92 Å². The van der Waals surface area contributed by atoms with Crippen LogP contribution < -0.4 is 15.0 Å². The molecule has 0 unspecified atom stereocenters. The van der Waals surface area contributed by atoms with Gasteiger partial charge in [0.25, 0.3) is 0 Å². The molecule has 0 aromatic heterocycles. The summed E-state index contributed by atoms with van der Waals surface area (Å²) in [6.45, 7) is 5.16. The number of rotatable bonds is 5. The number of ether oxygens (including phenoxy) is 2. The van der Waals surface area contributed by atoms with E-state index >= 15 is 0 Å². The number of aliphatic hydroxyl groups is 3. The number of aliphatic hydroxyl groups excluding tert-OH is 3. The summed E-state index contributed by atoms with van der Waals surface area (Å²) in [5.74, 6) is 0.112. The molecule has 2 saturated heterocycles. The van der Waals surface area contributed by atoms with E-state index in [-0.39, 0.29) is 5.91 Å². The van der Waals surface area contributed by atoms with Crippen LogP contribution >= 0.6 is 0 Å². The lowest BCUT2D eigenvalue weighted by Crippen LogP contribution is -2.65. The lowest BCUT2D eigenvalue weighted by Gasteiger charge is -2.42. The molecular formula is C20H29N3O7. The Morgan fingerprint density at radius 1 is 1.10 bits per heavy atom.